The van der Waals surface area contributed by atoms with Crippen LogP contribution in [-0.4, -0.2) is 37.3 Å². The molecule has 1 aliphatic rings. The molecule has 0 aliphatic carbocycles. The third kappa shape index (κ3) is 3.46. The van der Waals surface area contributed by atoms with Crippen LogP contribution in [0.5, 0.6) is 5.75 Å². The first-order valence-electron chi connectivity index (χ1n) is 7.49. The zero-order valence-corrected chi connectivity index (χ0v) is 13.8. The van der Waals surface area contributed by atoms with Crippen molar-refractivity contribution in [2.75, 3.05) is 27.2 Å². The summed E-state index contributed by atoms with van der Waals surface area (Å²) in [6.45, 7) is 1.52. The van der Waals surface area contributed by atoms with E-state index in [1.54, 1.807) is 11.8 Å². The fourth-order valence-electron chi connectivity index (χ4n) is 2.52. The minimum absolute atomic E-state index is 0.483. The van der Waals surface area contributed by atoms with Gasteiger partial charge in [-0.1, -0.05) is 30.0 Å². The lowest BCUT2D eigenvalue weighted by Crippen LogP contribution is -2.19. The lowest BCUT2D eigenvalue weighted by Gasteiger charge is -2.15. The summed E-state index contributed by atoms with van der Waals surface area (Å²) in [6, 6.07) is 14.3. The normalized spacial score (nSPS) is 16.8. The molecule has 1 atom stereocenters. The average Bonchev–Trinajstić information content (AvgIpc) is 2.63. The van der Waals surface area contributed by atoms with Gasteiger partial charge in [-0.3, -0.25) is 0 Å². The van der Waals surface area contributed by atoms with Crippen LogP contribution in [0.1, 0.15) is 17.2 Å². The molecule has 0 radical (unpaired) electrons. The number of nitrogens with zero attached hydrogens (tertiary/aromatic N) is 1. The predicted octanol–water partition coefficient (Wildman–Crippen LogP) is 3.37. The summed E-state index contributed by atoms with van der Waals surface area (Å²) in [6.07, 6.45) is 0.167. The van der Waals surface area contributed by atoms with Gasteiger partial charge in [-0.15, -0.1) is 0 Å². The van der Waals surface area contributed by atoms with Gasteiger partial charge in [-0.2, -0.15) is 0 Å². The van der Waals surface area contributed by atoms with Crippen molar-refractivity contribution in [1.82, 2.24) is 4.90 Å². The molecule has 2 aromatic carbocycles. The Hall–Kier alpha value is -1.49. The highest BCUT2D eigenvalue weighted by molar-refractivity contribution is 7.99. The highest BCUT2D eigenvalue weighted by atomic mass is 32.2. The van der Waals surface area contributed by atoms with Crippen LogP contribution in [0.15, 0.2) is 52.3 Å². The Morgan fingerprint density at radius 2 is 2.00 bits per heavy atom. The van der Waals surface area contributed by atoms with Crippen LogP contribution in [0.25, 0.3) is 0 Å². The monoisotopic (exact) mass is 315 g/mol. The van der Waals surface area contributed by atoms with Gasteiger partial charge >= 0.3 is 0 Å². The number of likely N-dealkylation sites (N-methyl/N-ethyl adjacent to an activating group) is 1. The molecule has 22 heavy (non-hydrogen) atoms. The first-order valence-corrected chi connectivity index (χ1v) is 8.30. The molecule has 2 aromatic rings. The molecule has 4 heteroatoms. The molecule has 1 N–H and O–H groups in total. The molecule has 1 unspecified atom stereocenters. The molecule has 0 amide bonds. The maximum absolute atomic E-state index is 10.5. The van der Waals surface area contributed by atoms with E-state index in [0.717, 1.165) is 22.8 Å². The summed E-state index contributed by atoms with van der Waals surface area (Å²) in [7, 11) is 4.05. The predicted molar refractivity (Wildman–Crippen MR) is 89.7 cm³/mol. The summed E-state index contributed by atoms with van der Waals surface area (Å²) in [5.41, 5.74) is 2.16. The van der Waals surface area contributed by atoms with Crippen molar-refractivity contribution >= 4 is 11.8 Å². The maximum atomic E-state index is 10.5. The largest absolute Gasteiger partial charge is 0.492 e. The maximum Gasteiger partial charge on any atom is 0.119 e. The van der Waals surface area contributed by atoms with Crippen molar-refractivity contribution in [2.45, 2.75) is 22.3 Å². The van der Waals surface area contributed by atoms with E-state index in [0.29, 0.717) is 13.0 Å². The van der Waals surface area contributed by atoms with Crippen LogP contribution < -0.4 is 4.74 Å². The lowest BCUT2D eigenvalue weighted by molar-refractivity contribution is 0.174. The van der Waals surface area contributed by atoms with E-state index in [4.69, 9.17) is 4.74 Å². The fraction of sp³-hybridized carbons (Fsp3) is 0.333. The Balaban J connectivity index is 1.82. The Labute approximate surface area is 135 Å². The van der Waals surface area contributed by atoms with E-state index in [1.165, 1.54) is 10.5 Å². The zero-order valence-electron chi connectivity index (χ0n) is 13.0. The Morgan fingerprint density at radius 1 is 1.18 bits per heavy atom. The average molecular weight is 315 g/mol. The van der Waals surface area contributed by atoms with Crippen molar-refractivity contribution in [1.29, 1.82) is 0 Å². The highest BCUT2D eigenvalue weighted by Gasteiger charge is 2.21. The van der Waals surface area contributed by atoms with Crippen LogP contribution in [0.2, 0.25) is 0 Å². The first-order chi connectivity index (χ1) is 10.6. The second kappa shape index (κ2) is 6.73. The minimum atomic E-state index is -0.483. The van der Waals surface area contributed by atoms with Crippen LogP contribution in [-0.2, 0) is 6.42 Å². The molecular formula is C18H21NO2S. The van der Waals surface area contributed by atoms with Gasteiger partial charge in [0.1, 0.15) is 12.4 Å². The van der Waals surface area contributed by atoms with Gasteiger partial charge in [-0.05, 0) is 49.5 Å². The summed E-state index contributed by atoms with van der Waals surface area (Å²) in [5, 5.41) is 10.5. The van der Waals surface area contributed by atoms with Gasteiger partial charge in [0.2, 0.25) is 0 Å². The van der Waals surface area contributed by atoms with Crippen molar-refractivity contribution in [3.05, 3.63) is 53.6 Å². The third-order valence-corrected chi connectivity index (χ3v) is 4.96. The number of ether oxygens (including phenoxy) is 1. The van der Waals surface area contributed by atoms with Crippen molar-refractivity contribution in [3.63, 3.8) is 0 Å². The topological polar surface area (TPSA) is 32.7 Å². The van der Waals surface area contributed by atoms with Crippen molar-refractivity contribution in [2.24, 2.45) is 0 Å². The van der Waals surface area contributed by atoms with Gasteiger partial charge in [-0.25, -0.2) is 0 Å². The summed E-state index contributed by atoms with van der Waals surface area (Å²) in [5.74, 6) is 0.825. The molecule has 0 aromatic heterocycles. The standard InChI is InChI=1S/C18H21NO2S/c1-19(2)9-10-21-14-7-8-18-15(12-14)16(20)11-13-5-3-4-6-17(13)22-18/h3-8,12,16,20H,9-11H2,1-2H3. The second-order valence-corrected chi connectivity index (χ2v) is 6.86. The van der Waals surface area contributed by atoms with Gasteiger partial charge in [0, 0.05) is 22.8 Å². The zero-order chi connectivity index (χ0) is 15.5. The summed E-state index contributed by atoms with van der Waals surface area (Å²) >= 11 is 1.72. The Kier molecular flexibility index (Phi) is 4.71. The van der Waals surface area contributed by atoms with E-state index in [2.05, 4.69) is 23.1 Å². The summed E-state index contributed by atoms with van der Waals surface area (Å²) in [4.78, 5) is 4.42. The number of fused-ring (bicyclic) bond motifs is 2. The lowest BCUT2D eigenvalue weighted by atomic mass is 10.0. The number of hydrogen-bond donors (Lipinski definition) is 1. The summed E-state index contributed by atoms with van der Waals surface area (Å²) < 4.78 is 5.79. The molecule has 0 saturated heterocycles. The third-order valence-electron chi connectivity index (χ3n) is 3.75. The Morgan fingerprint density at radius 3 is 2.82 bits per heavy atom. The smallest absolute Gasteiger partial charge is 0.119 e. The number of hydrogen-bond acceptors (Lipinski definition) is 4. The number of benzene rings is 2. The van der Waals surface area contributed by atoms with Gasteiger partial charge < -0.3 is 14.7 Å². The second-order valence-electron chi connectivity index (χ2n) is 5.78. The molecule has 116 valence electrons. The number of aliphatic hydroxyl groups excluding tert-OH is 1. The van der Waals surface area contributed by atoms with Crippen LogP contribution in [0, 0.1) is 0 Å². The molecule has 0 saturated carbocycles. The van der Waals surface area contributed by atoms with Crippen LogP contribution >= 0.6 is 11.8 Å². The molecule has 0 bridgehead atoms. The van der Waals surface area contributed by atoms with Crippen LogP contribution in [0.4, 0.5) is 0 Å². The molecule has 0 spiro atoms. The molecule has 1 heterocycles. The van der Waals surface area contributed by atoms with Gasteiger partial charge in [0.25, 0.3) is 0 Å². The minimum Gasteiger partial charge on any atom is -0.492 e. The quantitative estimate of drug-likeness (QED) is 0.938. The van der Waals surface area contributed by atoms with Gasteiger partial charge in [0.05, 0.1) is 6.10 Å². The van der Waals surface area contributed by atoms with E-state index < -0.39 is 6.10 Å². The van der Waals surface area contributed by atoms with E-state index in [9.17, 15) is 5.11 Å². The molecule has 3 nitrogen and oxygen atoms in total. The Bertz CT molecular complexity index is 657. The molecular weight excluding hydrogens is 294 g/mol. The van der Waals surface area contributed by atoms with Crippen LogP contribution in [0.3, 0.4) is 0 Å². The van der Waals surface area contributed by atoms with Crippen molar-refractivity contribution < 1.29 is 9.84 Å². The molecule has 3 rings (SSSR count). The van der Waals surface area contributed by atoms with E-state index in [-0.39, 0.29) is 0 Å². The molecule has 1 aliphatic heterocycles. The number of aliphatic hydroxyl groups is 1. The number of rotatable bonds is 4. The van der Waals surface area contributed by atoms with Crippen molar-refractivity contribution in [3.8, 4) is 5.75 Å². The fourth-order valence-corrected chi connectivity index (χ4v) is 3.64. The molecule has 0 fully saturated rings. The highest BCUT2D eigenvalue weighted by Crippen LogP contribution is 2.41. The van der Waals surface area contributed by atoms with E-state index in [1.807, 2.05) is 38.4 Å². The SMILES string of the molecule is CN(C)CCOc1ccc2c(c1)C(O)Cc1ccccc1S2. The first kappa shape index (κ1) is 15.4. The van der Waals surface area contributed by atoms with Gasteiger partial charge in [0.15, 0.2) is 0 Å². The van der Waals surface area contributed by atoms with E-state index >= 15 is 0 Å².